The minimum absolute atomic E-state index is 0.839. The smallest absolute Gasteiger partial charge is 0.120 e. The summed E-state index contributed by atoms with van der Waals surface area (Å²) in [6, 6.07) is 6.45. The van der Waals surface area contributed by atoms with Crippen molar-refractivity contribution in [3.63, 3.8) is 0 Å². The third kappa shape index (κ3) is 2.33. The summed E-state index contributed by atoms with van der Waals surface area (Å²) in [6.45, 7) is 1.14. The van der Waals surface area contributed by atoms with Gasteiger partial charge in [-0.3, -0.25) is 0 Å². The lowest BCUT2D eigenvalue weighted by molar-refractivity contribution is 0.252. The largest absolute Gasteiger partial charge is 0.497 e. The number of ether oxygens (including phenoxy) is 1. The predicted octanol–water partition coefficient (Wildman–Crippen LogP) is 3.86. The van der Waals surface area contributed by atoms with E-state index in [0.29, 0.717) is 0 Å². The lowest BCUT2D eigenvalue weighted by Gasteiger charge is -2.34. The van der Waals surface area contributed by atoms with Gasteiger partial charge in [0, 0.05) is 18.3 Å². The highest BCUT2D eigenvalue weighted by Crippen LogP contribution is 2.36. The van der Waals surface area contributed by atoms with Gasteiger partial charge < -0.3 is 10.1 Å². The molecule has 1 N–H and O–H groups in total. The SMILES string of the molecule is COc1ccc2c(c1)NCC(C1CCCCC1)C2. The van der Waals surface area contributed by atoms with Crippen LogP contribution in [0, 0.1) is 11.8 Å². The Morgan fingerprint density at radius 3 is 2.72 bits per heavy atom. The molecule has 2 aliphatic rings. The zero-order valence-corrected chi connectivity index (χ0v) is 11.2. The summed E-state index contributed by atoms with van der Waals surface area (Å²) in [5.41, 5.74) is 2.75. The number of anilines is 1. The summed E-state index contributed by atoms with van der Waals surface area (Å²) >= 11 is 0. The van der Waals surface area contributed by atoms with Gasteiger partial charge in [0.1, 0.15) is 5.75 Å². The van der Waals surface area contributed by atoms with Crippen molar-refractivity contribution in [1.29, 1.82) is 0 Å². The maximum absolute atomic E-state index is 5.28. The third-order valence-electron chi connectivity index (χ3n) is 4.67. The molecule has 0 amide bonds. The summed E-state index contributed by atoms with van der Waals surface area (Å²) in [4.78, 5) is 0. The van der Waals surface area contributed by atoms with Crippen molar-refractivity contribution in [1.82, 2.24) is 0 Å². The number of rotatable bonds is 2. The Morgan fingerprint density at radius 1 is 1.11 bits per heavy atom. The van der Waals surface area contributed by atoms with Gasteiger partial charge in [-0.1, -0.05) is 38.2 Å². The van der Waals surface area contributed by atoms with E-state index >= 15 is 0 Å². The predicted molar refractivity (Wildman–Crippen MR) is 75.3 cm³/mol. The normalized spacial score (nSPS) is 24.2. The van der Waals surface area contributed by atoms with Crippen molar-refractivity contribution < 1.29 is 4.74 Å². The van der Waals surface area contributed by atoms with E-state index < -0.39 is 0 Å². The highest BCUT2D eigenvalue weighted by atomic mass is 16.5. The minimum Gasteiger partial charge on any atom is -0.497 e. The Hall–Kier alpha value is -1.18. The Labute approximate surface area is 110 Å². The van der Waals surface area contributed by atoms with Crippen LogP contribution in [0.4, 0.5) is 5.69 Å². The van der Waals surface area contributed by atoms with Gasteiger partial charge in [-0.15, -0.1) is 0 Å². The number of fused-ring (bicyclic) bond motifs is 1. The molecule has 1 saturated carbocycles. The average molecular weight is 245 g/mol. The first-order valence-electron chi connectivity index (χ1n) is 7.27. The summed E-state index contributed by atoms with van der Waals surface area (Å²) in [5, 5.41) is 3.60. The van der Waals surface area contributed by atoms with E-state index in [1.807, 2.05) is 0 Å². The van der Waals surface area contributed by atoms with Gasteiger partial charge >= 0.3 is 0 Å². The van der Waals surface area contributed by atoms with Gasteiger partial charge in [-0.05, 0) is 29.9 Å². The van der Waals surface area contributed by atoms with Crippen LogP contribution in [0.15, 0.2) is 18.2 Å². The number of hydrogen-bond donors (Lipinski definition) is 1. The molecule has 2 heteroatoms. The van der Waals surface area contributed by atoms with Crippen LogP contribution in [0.2, 0.25) is 0 Å². The number of hydrogen-bond acceptors (Lipinski definition) is 2. The maximum atomic E-state index is 5.28. The summed E-state index contributed by atoms with van der Waals surface area (Å²) in [5.74, 6) is 2.74. The molecule has 1 fully saturated rings. The van der Waals surface area contributed by atoms with Crippen LogP contribution in [0.5, 0.6) is 5.75 Å². The molecule has 1 aromatic carbocycles. The molecular weight excluding hydrogens is 222 g/mol. The Kier molecular flexibility index (Phi) is 3.44. The lowest BCUT2D eigenvalue weighted by Crippen LogP contribution is -2.30. The van der Waals surface area contributed by atoms with Gasteiger partial charge in [-0.25, -0.2) is 0 Å². The van der Waals surface area contributed by atoms with Crippen molar-refractivity contribution in [2.24, 2.45) is 11.8 Å². The second-order valence-electron chi connectivity index (χ2n) is 5.77. The first kappa shape index (κ1) is 11.9. The molecule has 0 bridgehead atoms. The quantitative estimate of drug-likeness (QED) is 0.854. The minimum atomic E-state index is 0.839. The second-order valence-corrected chi connectivity index (χ2v) is 5.77. The molecule has 0 saturated heterocycles. The van der Waals surface area contributed by atoms with E-state index in [0.717, 1.165) is 24.1 Å². The molecule has 0 aromatic heterocycles. The molecule has 98 valence electrons. The maximum Gasteiger partial charge on any atom is 0.120 e. The lowest BCUT2D eigenvalue weighted by atomic mass is 9.76. The Balaban J connectivity index is 1.72. The van der Waals surface area contributed by atoms with Crippen molar-refractivity contribution in [2.75, 3.05) is 19.0 Å². The van der Waals surface area contributed by atoms with E-state index in [4.69, 9.17) is 4.74 Å². The molecule has 1 unspecified atom stereocenters. The van der Waals surface area contributed by atoms with Gasteiger partial charge in [0.2, 0.25) is 0 Å². The Bertz CT molecular complexity index is 410. The molecule has 0 spiro atoms. The van der Waals surface area contributed by atoms with Crippen LogP contribution in [0.25, 0.3) is 0 Å². The van der Waals surface area contributed by atoms with Crippen LogP contribution >= 0.6 is 0 Å². The van der Waals surface area contributed by atoms with Gasteiger partial charge in [-0.2, -0.15) is 0 Å². The van der Waals surface area contributed by atoms with Crippen LogP contribution in [-0.4, -0.2) is 13.7 Å². The van der Waals surface area contributed by atoms with E-state index in [2.05, 4.69) is 23.5 Å². The summed E-state index contributed by atoms with van der Waals surface area (Å²) in [7, 11) is 1.73. The van der Waals surface area contributed by atoms with Crippen LogP contribution in [0.3, 0.4) is 0 Å². The summed E-state index contributed by atoms with van der Waals surface area (Å²) < 4.78 is 5.28. The highest BCUT2D eigenvalue weighted by molar-refractivity contribution is 5.57. The molecule has 1 aliphatic carbocycles. The van der Waals surface area contributed by atoms with Gasteiger partial charge in [0.15, 0.2) is 0 Å². The van der Waals surface area contributed by atoms with Crippen LogP contribution in [0.1, 0.15) is 37.7 Å². The monoisotopic (exact) mass is 245 g/mol. The van der Waals surface area contributed by atoms with E-state index in [1.54, 1.807) is 7.11 Å². The van der Waals surface area contributed by atoms with Crippen molar-refractivity contribution in [3.8, 4) is 5.75 Å². The number of benzene rings is 1. The average Bonchev–Trinajstić information content (AvgIpc) is 2.47. The van der Waals surface area contributed by atoms with Crippen molar-refractivity contribution in [3.05, 3.63) is 23.8 Å². The molecule has 0 radical (unpaired) electrons. The van der Waals surface area contributed by atoms with Crippen LogP contribution in [-0.2, 0) is 6.42 Å². The van der Waals surface area contributed by atoms with Crippen molar-refractivity contribution in [2.45, 2.75) is 38.5 Å². The van der Waals surface area contributed by atoms with E-state index in [-0.39, 0.29) is 0 Å². The molecule has 3 rings (SSSR count). The van der Waals surface area contributed by atoms with Gasteiger partial charge in [0.05, 0.1) is 7.11 Å². The molecular formula is C16H23NO. The highest BCUT2D eigenvalue weighted by Gasteiger charge is 2.27. The van der Waals surface area contributed by atoms with Crippen molar-refractivity contribution >= 4 is 5.69 Å². The molecule has 1 atom stereocenters. The molecule has 18 heavy (non-hydrogen) atoms. The topological polar surface area (TPSA) is 21.3 Å². The molecule has 1 aromatic rings. The fourth-order valence-corrected chi connectivity index (χ4v) is 3.56. The molecule has 1 aliphatic heterocycles. The summed E-state index contributed by atoms with van der Waals surface area (Å²) in [6.07, 6.45) is 8.46. The zero-order valence-electron chi connectivity index (χ0n) is 11.2. The Morgan fingerprint density at radius 2 is 1.94 bits per heavy atom. The van der Waals surface area contributed by atoms with E-state index in [1.165, 1.54) is 49.8 Å². The third-order valence-corrected chi connectivity index (χ3v) is 4.67. The molecule has 2 nitrogen and oxygen atoms in total. The zero-order chi connectivity index (χ0) is 12.4. The standard InChI is InChI=1S/C16H23NO/c1-18-15-8-7-13-9-14(11-17-16(13)10-15)12-5-3-2-4-6-12/h7-8,10,12,14,17H,2-6,9,11H2,1H3. The molecule has 1 heterocycles. The first-order chi connectivity index (χ1) is 8.86. The van der Waals surface area contributed by atoms with E-state index in [9.17, 15) is 0 Å². The number of nitrogens with one attached hydrogen (secondary N) is 1. The number of methoxy groups -OCH3 is 1. The van der Waals surface area contributed by atoms with Crippen LogP contribution < -0.4 is 10.1 Å². The second kappa shape index (κ2) is 5.21. The fourth-order valence-electron chi connectivity index (χ4n) is 3.56. The van der Waals surface area contributed by atoms with Gasteiger partial charge in [0.25, 0.3) is 0 Å². The first-order valence-corrected chi connectivity index (χ1v) is 7.27. The fraction of sp³-hybridized carbons (Fsp3) is 0.625.